The third kappa shape index (κ3) is 2.22. The molecule has 3 aromatic rings. The molecule has 0 saturated heterocycles. The predicted octanol–water partition coefficient (Wildman–Crippen LogP) is 4.59. The first-order valence-corrected chi connectivity index (χ1v) is 9.28. The van der Waals surface area contributed by atoms with E-state index in [0.717, 1.165) is 32.9 Å². The molecule has 3 aromatic carbocycles. The second kappa shape index (κ2) is 5.11. The molecule has 0 aliphatic carbocycles. The largest absolute Gasteiger partial charge is 0.436 e. The molecule has 0 aromatic heterocycles. The molecule has 114 valence electrons. The zero-order valence-electron chi connectivity index (χ0n) is 13.1. The van der Waals surface area contributed by atoms with Crippen molar-refractivity contribution >= 4 is 18.0 Å². The Morgan fingerprint density at radius 3 is 2.17 bits per heavy atom. The van der Waals surface area contributed by atoms with Crippen LogP contribution in [0.25, 0.3) is 11.1 Å². The smallest absolute Gasteiger partial charge is 0.307 e. The standard InChI is InChI=1S/C20H17O2P/c1-14-8-10-19-17(12-14)18-13-15(2)9-11-20(18)23(21,22-19)16-6-4-3-5-7-16/h3-13H,1-2H3. The molecule has 0 amide bonds. The fraction of sp³-hybridized carbons (Fsp3) is 0.100. The molecular formula is C20H17O2P. The molecule has 0 spiro atoms. The van der Waals surface area contributed by atoms with Crippen molar-refractivity contribution in [2.45, 2.75) is 13.8 Å². The summed E-state index contributed by atoms with van der Waals surface area (Å²) in [6.45, 7) is 4.11. The van der Waals surface area contributed by atoms with Crippen LogP contribution in [0.4, 0.5) is 0 Å². The van der Waals surface area contributed by atoms with Crippen LogP contribution in [-0.4, -0.2) is 0 Å². The van der Waals surface area contributed by atoms with Crippen LogP contribution in [0.3, 0.4) is 0 Å². The van der Waals surface area contributed by atoms with Crippen LogP contribution in [-0.2, 0) is 4.57 Å². The van der Waals surface area contributed by atoms with Crippen LogP contribution in [0.15, 0.2) is 66.7 Å². The van der Waals surface area contributed by atoms with Crippen molar-refractivity contribution in [2.24, 2.45) is 0 Å². The van der Waals surface area contributed by atoms with Gasteiger partial charge >= 0.3 is 7.37 Å². The average Bonchev–Trinajstić information content (AvgIpc) is 2.56. The molecule has 4 rings (SSSR count). The van der Waals surface area contributed by atoms with E-state index in [2.05, 4.69) is 26.0 Å². The minimum absolute atomic E-state index is 0.695. The van der Waals surface area contributed by atoms with Crippen LogP contribution < -0.4 is 15.1 Å². The Bertz CT molecular complexity index is 945. The fourth-order valence-corrected chi connectivity index (χ4v) is 5.32. The highest BCUT2D eigenvalue weighted by atomic mass is 31.2. The lowest BCUT2D eigenvalue weighted by Gasteiger charge is -2.29. The van der Waals surface area contributed by atoms with Crippen molar-refractivity contribution in [3.63, 3.8) is 0 Å². The van der Waals surface area contributed by atoms with E-state index >= 15 is 0 Å². The van der Waals surface area contributed by atoms with Crippen molar-refractivity contribution < 1.29 is 9.09 Å². The average molecular weight is 320 g/mol. The quantitative estimate of drug-likeness (QED) is 0.613. The highest BCUT2D eigenvalue weighted by Crippen LogP contribution is 2.54. The molecule has 0 fully saturated rings. The molecule has 1 heterocycles. The summed E-state index contributed by atoms with van der Waals surface area (Å²) in [5.41, 5.74) is 4.35. The van der Waals surface area contributed by atoms with Gasteiger partial charge in [0.2, 0.25) is 0 Å². The van der Waals surface area contributed by atoms with E-state index in [1.807, 2.05) is 54.6 Å². The Hall–Kier alpha value is -2.31. The van der Waals surface area contributed by atoms with Gasteiger partial charge < -0.3 is 4.52 Å². The van der Waals surface area contributed by atoms with Gasteiger partial charge in [0.25, 0.3) is 0 Å². The van der Waals surface area contributed by atoms with Gasteiger partial charge in [-0.15, -0.1) is 0 Å². The van der Waals surface area contributed by atoms with Gasteiger partial charge in [0, 0.05) is 11.1 Å². The van der Waals surface area contributed by atoms with E-state index in [1.165, 1.54) is 0 Å². The normalized spacial score (nSPS) is 18.7. The van der Waals surface area contributed by atoms with Gasteiger partial charge in [-0.25, -0.2) is 0 Å². The Morgan fingerprint density at radius 1 is 0.783 bits per heavy atom. The second-order valence-corrected chi connectivity index (χ2v) is 8.28. The molecule has 0 bridgehead atoms. The van der Waals surface area contributed by atoms with Crippen LogP contribution in [0, 0.1) is 13.8 Å². The first-order valence-electron chi connectivity index (χ1n) is 7.65. The number of hydrogen-bond donors (Lipinski definition) is 0. The molecule has 1 unspecified atom stereocenters. The van der Waals surface area contributed by atoms with Crippen LogP contribution in [0.1, 0.15) is 11.1 Å². The van der Waals surface area contributed by atoms with Crippen molar-refractivity contribution in [3.8, 4) is 16.9 Å². The number of aryl methyl sites for hydroxylation is 2. The van der Waals surface area contributed by atoms with Gasteiger partial charge in [-0.05, 0) is 44.2 Å². The van der Waals surface area contributed by atoms with Crippen molar-refractivity contribution in [1.29, 1.82) is 0 Å². The lowest BCUT2D eigenvalue weighted by Crippen LogP contribution is -2.25. The summed E-state index contributed by atoms with van der Waals surface area (Å²) in [7, 11) is -3.12. The van der Waals surface area contributed by atoms with Crippen LogP contribution in [0.5, 0.6) is 5.75 Å². The van der Waals surface area contributed by atoms with Crippen LogP contribution in [0.2, 0.25) is 0 Å². The predicted molar refractivity (Wildman–Crippen MR) is 95.3 cm³/mol. The summed E-state index contributed by atoms with van der Waals surface area (Å²) in [5.74, 6) is 0.695. The molecule has 0 radical (unpaired) electrons. The van der Waals surface area contributed by atoms with Gasteiger partial charge in [-0.3, -0.25) is 4.57 Å². The van der Waals surface area contributed by atoms with Crippen molar-refractivity contribution in [2.75, 3.05) is 0 Å². The zero-order valence-corrected chi connectivity index (χ0v) is 14.0. The van der Waals surface area contributed by atoms with E-state index in [1.54, 1.807) is 0 Å². The molecule has 0 N–H and O–H groups in total. The first-order chi connectivity index (χ1) is 11.1. The summed E-state index contributed by atoms with van der Waals surface area (Å²) < 4.78 is 19.9. The third-order valence-electron chi connectivity index (χ3n) is 4.22. The van der Waals surface area contributed by atoms with E-state index < -0.39 is 7.37 Å². The number of fused-ring (bicyclic) bond motifs is 3. The number of hydrogen-bond acceptors (Lipinski definition) is 2. The SMILES string of the molecule is Cc1ccc2c(c1)-c1cc(C)ccc1P(=O)(c1ccccc1)O2. The van der Waals surface area contributed by atoms with Crippen molar-refractivity contribution in [1.82, 2.24) is 0 Å². The molecule has 1 atom stereocenters. The van der Waals surface area contributed by atoms with Gasteiger partial charge in [0.15, 0.2) is 0 Å². The summed E-state index contributed by atoms with van der Waals surface area (Å²) in [6, 6.07) is 21.5. The number of benzene rings is 3. The lowest BCUT2D eigenvalue weighted by molar-refractivity contribution is 0.501. The Balaban J connectivity index is 2.04. The Morgan fingerprint density at radius 2 is 1.43 bits per heavy atom. The first kappa shape index (κ1) is 14.3. The Labute approximate surface area is 136 Å². The van der Waals surface area contributed by atoms with E-state index in [0.29, 0.717) is 5.75 Å². The summed E-state index contributed by atoms with van der Waals surface area (Å²) in [5, 5.41) is 1.52. The molecule has 0 saturated carbocycles. The van der Waals surface area contributed by atoms with Gasteiger partial charge in [-0.1, -0.05) is 47.5 Å². The highest BCUT2D eigenvalue weighted by molar-refractivity contribution is 7.75. The van der Waals surface area contributed by atoms with E-state index in [9.17, 15) is 4.57 Å². The number of rotatable bonds is 1. The van der Waals surface area contributed by atoms with Gasteiger partial charge in [0.1, 0.15) is 5.75 Å². The van der Waals surface area contributed by atoms with Crippen molar-refractivity contribution in [3.05, 3.63) is 77.9 Å². The van der Waals surface area contributed by atoms with E-state index in [4.69, 9.17) is 4.52 Å². The third-order valence-corrected chi connectivity index (χ3v) is 6.67. The topological polar surface area (TPSA) is 26.3 Å². The van der Waals surface area contributed by atoms with Gasteiger partial charge in [0.05, 0.1) is 10.6 Å². The van der Waals surface area contributed by atoms with E-state index in [-0.39, 0.29) is 0 Å². The summed E-state index contributed by atoms with van der Waals surface area (Å²) >= 11 is 0. The monoisotopic (exact) mass is 320 g/mol. The van der Waals surface area contributed by atoms with Crippen LogP contribution >= 0.6 is 7.37 Å². The minimum atomic E-state index is -3.12. The molecule has 1 aliphatic heterocycles. The fourth-order valence-electron chi connectivity index (χ4n) is 3.06. The maximum absolute atomic E-state index is 13.8. The molecular weight excluding hydrogens is 303 g/mol. The molecule has 2 nitrogen and oxygen atoms in total. The molecule has 3 heteroatoms. The van der Waals surface area contributed by atoms with Gasteiger partial charge in [-0.2, -0.15) is 0 Å². The second-order valence-electron chi connectivity index (χ2n) is 6.00. The maximum atomic E-state index is 13.8. The lowest BCUT2D eigenvalue weighted by atomic mass is 10.0. The summed E-state index contributed by atoms with van der Waals surface area (Å²) in [6.07, 6.45) is 0. The Kier molecular flexibility index (Phi) is 3.18. The minimum Gasteiger partial charge on any atom is -0.436 e. The zero-order chi connectivity index (χ0) is 16.0. The molecule has 1 aliphatic rings. The molecule has 23 heavy (non-hydrogen) atoms. The summed E-state index contributed by atoms with van der Waals surface area (Å²) in [4.78, 5) is 0. The maximum Gasteiger partial charge on any atom is 0.307 e. The highest BCUT2D eigenvalue weighted by Gasteiger charge is 2.37.